The fourth-order valence-corrected chi connectivity index (χ4v) is 1.91. The van der Waals surface area contributed by atoms with Crippen LogP contribution in [0.5, 0.6) is 5.88 Å². The van der Waals surface area contributed by atoms with Crippen LogP contribution in [-0.2, 0) is 0 Å². The highest BCUT2D eigenvalue weighted by atomic mass is 16.5. The molecule has 4 heteroatoms. The number of pyridine rings is 1. The van der Waals surface area contributed by atoms with E-state index in [4.69, 9.17) is 9.84 Å². The number of aromatic nitrogens is 1. The molecule has 2 rings (SSSR count). The molecule has 120 valence electrons. The molecule has 0 spiro atoms. The molecule has 0 bridgehead atoms. The molecule has 1 heterocycles. The van der Waals surface area contributed by atoms with Gasteiger partial charge in [-0.05, 0) is 36.8 Å². The molecule has 0 aliphatic carbocycles. The first kappa shape index (κ1) is 16.9. The van der Waals surface area contributed by atoms with Crippen LogP contribution >= 0.6 is 0 Å². The predicted octanol–water partition coefficient (Wildman–Crippen LogP) is 2.92. The Bertz CT molecular complexity index is 651. The van der Waals surface area contributed by atoms with Crippen molar-refractivity contribution in [3.8, 4) is 17.7 Å². The van der Waals surface area contributed by atoms with Gasteiger partial charge < -0.3 is 15.2 Å². The van der Waals surface area contributed by atoms with Gasteiger partial charge in [0.1, 0.15) is 0 Å². The van der Waals surface area contributed by atoms with Gasteiger partial charge in [-0.3, -0.25) is 0 Å². The largest absolute Gasteiger partial charge is 0.477 e. The summed E-state index contributed by atoms with van der Waals surface area (Å²) < 4.78 is 5.57. The van der Waals surface area contributed by atoms with Crippen molar-refractivity contribution in [1.29, 1.82) is 0 Å². The molecule has 4 nitrogen and oxygen atoms in total. The summed E-state index contributed by atoms with van der Waals surface area (Å²) in [6.07, 6.45) is 2.58. The second-order valence-electron chi connectivity index (χ2n) is 5.23. The molecule has 0 fully saturated rings. The third-order valence-corrected chi connectivity index (χ3v) is 3.56. The molecule has 2 N–H and O–H groups in total. The Kier molecular flexibility index (Phi) is 6.46. The first-order chi connectivity index (χ1) is 11.2. The maximum absolute atomic E-state index is 9.14. The van der Waals surface area contributed by atoms with Crippen LogP contribution in [0.1, 0.15) is 24.5 Å². The van der Waals surface area contributed by atoms with Gasteiger partial charge in [-0.1, -0.05) is 18.8 Å². The highest BCUT2D eigenvalue weighted by Gasteiger charge is 2.05. The van der Waals surface area contributed by atoms with Gasteiger partial charge in [-0.15, -0.1) is 0 Å². The lowest BCUT2D eigenvalue weighted by molar-refractivity contribution is 0.156. The summed E-state index contributed by atoms with van der Waals surface area (Å²) in [5, 5.41) is 12.2. The number of ether oxygens (including phenoxy) is 1. The number of hydrogen-bond donors (Lipinski definition) is 2. The maximum Gasteiger partial charge on any atom is 0.213 e. The smallest absolute Gasteiger partial charge is 0.213 e. The normalized spacial score (nSPS) is 11.3. The van der Waals surface area contributed by atoms with Gasteiger partial charge in [0.05, 0.1) is 6.61 Å². The van der Waals surface area contributed by atoms with E-state index in [9.17, 15) is 0 Å². The van der Waals surface area contributed by atoms with Crippen LogP contribution < -0.4 is 10.1 Å². The minimum Gasteiger partial charge on any atom is -0.477 e. The monoisotopic (exact) mass is 310 g/mol. The summed E-state index contributed by atoms with van der Waals surface area (Å²) >= 11 is 0. The summed E-state index contributed by atoms with van der Waals surface area (Å²) in [4.78, 5) is 4.24. The van der Waals surface area contributed by atoms with E-state index in [0.717, 1.165) is 23.2 Å². The van der Waals surface area contributed by atoms with Gasteiger partial charge in [-0.2, -0.15) is 0 Å². The van der Waals surface area contributed by atoms with Crippen molar-refractivity contribution in [3.05, 3.63) is 53.7 Å². The highest BCUT2D eigenvalue weighted by molar-refractivity contribution is 5.49. The number of nitrogens with one attached hydrogen (secondary N) is 1. The summed E-state index contributed by atoms with van der Waals surface area (Å²) in [6.45, 7) is 2.63. The second-order valence-corrected chi connectivity index (χ2v) is 5.23. The quantitative estimate of drug-likeness (QED) is 0.806. The van der Waals surface area contributed by atoms with E-state index in [1.54, 1.807) is 12.3 Å². The molecule has 1 atom stereocenters. The molecule has 1 aromatic heterocycles. The molecule has 0 aliphatic heterocycles. The molecule has 0 saturated carbocycles. The van der Waals surface area contributed by atoms with Gasteiger partial charge in [0.15, 0.2) is 0 Å². The van der Waals surface area contributed by atoms with E-state index in [0.29, 0.717) is 12.5 Å². The number of benzene rings is 1. The summed E-state index contributed by atoms with van der Waals surface area (Å²) in [6, 6.07) is 11.6. The minimum absolute atomic E-state index is 0.131. The SMILES string of the molecule is CCC(CO)COc1ccc(C#Cc2ccc(NC)cc2)cn1. The van der Waals surface area contributed by atoms with E-state index < -0.39 is 0 Å². The van der Waals surface area contributed by atoms with E-state index >= 15 is 0 Å². The molecule has 0 saturated heterocycles. The molecule has 0 aliphatic rings. The molecular weight excluding hydrogens is 288 g/mol. The van der Waals surface area contributed by atoms with E-state index in [-0.39, 0.29) is 12.5 Å². The topological polar surface area (TPSA) is 54.4 Å². The standard InChI is InChI=1S/C19H22N2O2/c1-3-15(13-22)14-23-19-11-8-17(12-21-19)5-4-16-6-9-18(20-2)10-7-16/h6-12,15,20,22H,3,13-14H2,1-2H3. The van der Waals surface area contributed by atoms with Crippen LogP contribution in [0.2, 0.25) is 0 Å². The fourth-order valence-electron chi connectivity index (χ4n) is 1.91. The van der Waals surface area contributed by atoms with Crippen LogP contribution in [0.15, 0.2) is 42.6 Å². The minimum atomic E-state index is 0.131. The Hall–Kier alpha value is -2.51. The molecule has 2 aromatic rings. The highest BCUT2D eigenvalue weighted by Crippen LogP contribution is 2.11. The number of nitrogens with zero attached hydrogens (tertiary/aromatic N) is 1. The summed E-state index contributed by atoms with van der Waals surface area (Å²) in [5.41, 5.74) is 2.86. The average Bonchev–Trinajstić information content (AvgIpc) is 2.62. The zero-order valence-corrected chi connectivity index (χ0v) is 13.5. The van der Waals surface area contributed by atoms with Gasteiger partial charge in [0.25, 0.3) is 0 Å². The van der Waals surface area contributed by atoms with Crippen LogP contribution in [0.4, 0.5) is 5.69 Å². The molecule has 23 heavy (non-hydrogen) atoms. The van der Waals surface area contributed by atoms with Gasteiger partial charge in [0, 0.05) is 48.6 Å². The zero-order valence-electron chi connectivity index (χ0n) is 13.5. The Morgan fingerprint density at radius 1 is 1.13 bits per heavy atom. The second kappa shape index (κ2) is 8.82. The summed E-state index contributed by atoms with van der Waals surface area (Å²) in [5.74, 6) is 6.90. The van der Waals surface area contributed by atoms with Gasteiger partial charge >= 0.3 is 0 Å². The summed E-state index contributed by atoms with van der Waals surface area (Å²) in [7, 11) is 1.89. The van der Waals surface area contributed by atoms with Crippen LogP contribution in [0.25, 0.3) is 0 Å². The van der Waals surface area contributed by atoms with Crippen molar-refractivity contribution >= 4 is 5.69 Å². The van der Waals surface area contributed by atoms with Crippen molar-refractivity contribution in [2.75, 3.05) is 25.6 Å². The lowest BCUT2D eigenvalue weighted by Gasteiger charge is -2.12. The van der Waals surface area contributed by atoms with Crippen molar-refractivity contribution in [2.24, 2.45) is 5.92 Å². The first-order valence-electron chi connectivity index (χ1n) is 7.74. The van der Waals surface area contributed by atoms with Gasteiger partial charge in [-0.25, -0.2) is 4.98 Å². The Morgan fingerprint density at radius 2 is 1.83 bits per heavy atom. The van der Waals surface area contributed by atoms with E-state index in [1.165, 1.54) is 0 Å². The van der Waals surface area contributed by atoms with Crippen LogP contribution in [-0.4, -0.2) is 30.4 Å². The Balaban J connectivity index is 1.95. The van der Waals surface area contributed by atoms with Crippen molar-refractivity contribution in [3.63, 3.8) is 0 Å². The predicted molar refractivity (Wildman–Crippen MR) is 92.6 cm³/mol. The van der Waals surface area contributed by atoms with Crippen molar-refractivity contribution in [2.45, 2.75) is 13.3 Å². The lowest BCUT2D eigenvalue weighted by atomic mass is 10.1. The van der Waals surface area contributed by atoms with E-state index in [1.807, 2.05) is 44.3 Å². The van der Waals surface area contributed by atoms with E-state index in [2.05, 4.69) is 22.1 Å². The molecule has 1 aromatic carbocycles. The number of aliphatic hydroxyl groups is 1. The van der Waals surface area contributed by atoms with Crippen LogP contribution in [0.3, 0.4) is 0 Å². The number of aliphatic hydroxyl groups excluding tert-OH is 1. The molecular formula is C19H22N2O2. The van der Waals surface area contributed by atoms with Gasteiger partial charge in [0.2, 0.25) is 5.88 Å². The lowest BCUT2D eigenvalue weighted by Crippen LogP contribution is -2.15. The Morgan fingerprint density at radius 3 is 2.39 bits per heavy atom. The number of hydrogen-bond acceptors (Lipinski definition) is 4. The molecule has 1 unspecified atom stereocenters. The van der Waals surface area contributed by atoms with Crippen molar-refractivity contribution in [1.82, 2.24) is 4.98 Å². The third-order valence-electron chi connectivity index (χ3n) is 3.56. The average molecular weight is 310 g/mol. The third kappa shape index (κ3) is 5.32. The molecule has 0 radical (unpaired) electrons. The van der Waals surface area contributed by atoms with Crippen molar-refractivity contribution < 1.29 is 9.84 Å². The molecule has 0 amide bonds. The van der Waals surface area contributed by atoms with Crippen LogP contribution in [0, 0.1) is 17.8 Å². The maximum atomic E-state index is 9.14. The number of rotatable bonds is 6. The first-order valence-corrected chi connectivity index (χ1v) is 7.74. The Labute approximate surface area is 137 Å². The fraction of sp³-hybridized carbons (Fsp3) is 0.316. The zero-order chi connectivity index (χ0) is 16.5. The number of anilines is 1.